The maximum Gasteiger partial charge on any atom is 0.534 e. The van der Waals surface area contributed by atoms with E-state index in [0.717, 1.165) is 55.7 Å². The molecule has 72 heavy (non-hydrogen) atoms. The van der Waals surface area contributed by atoms with E-state index in [2.05, 4.69) is 34.1 Å². The van der Waals surface area contributed by atoms with E-state index in [0.29, 0.717) is 22.7 Å². The fourth-order valence-corrected chi connectivity index (χ4v) is 7.15. The maximum absolute atomic E-state index is 12.6. The minimum absolute atomic E-state index is 0.0408. The van der Waals surface area contributed by atoms with Crippen molar-refractivity contribution < 1.29 is 45.4 Å². The minimum Gasteiger partial charge on any atom is -0.507 e. The lowest BCUT2D eigenvalue weighted by Gasteiger charge is -2.14. The van der Waals surface area contributed by atoms with Crippen LogP contribution in [-0.2, 0) is 29.9 Å². The van der Waals surface area contributed by atoms with E-state index in [1.807, 2.05) is 91.0 Å². The molecule has 6 aromatic heterocycles. The van der Waals surface area contributed by atoms with Gasteiger partial charge in [-0.3, -0.25) is 14.4 Å². The molecule has 0 atom stereocenters. The molecule has 0 saturated heterocycles. The van der Waals surface area contributed by atoms with Crippen molar-refractivity contribution in [2.75, 3.05) is 0 Å². The standard InChI is InChI=1S/C20H15N3O2.C15H10F3N3O5S.C14H11N3O3/c24-19-11-17(16-9-5-2-6-10-16)18-12-21-14-22-20(18)23(19)25-13-15-7-3-1-4-8-15;16-15(17,18)27(23,24)26-12-6-13(22)21(14-11(12)7-19-9-20-14)25-8-10-4-2-1-3-5-10;18-12-6-13(19)17(14-11(12)7-15-9-16-14)20-8-10-4-2-1-3-5-10/h1-12,14H,13H2;1-7,9H,8H2;1-7,9,18H,8H2. The highest BCUT2D eigenvalue weighted by Gasteiger charge is 2.49. The number of rotatable bonds is 12. The number of pyridine rings is 3. The summed E-state index contributed by atoms with van der Waals surface area (Å²) in [6.45, 7) is 0.468. The SMILES string of the molecule is O=c1cc(-c2ccccc2)c2cncnc2n1OCc1ccccc1.O=c1cc(O)c2cncnc2n1OCc1ccccc1.O=c1cc(OS(=O)(=O)C(F)(F)F)c2cncnc2n1OCc1ccccc1. The molecule has 19 nitrogen and oxygen atoms in total. The Morgan fingerprint density at radius 1 is 0.500 bits per heavy atom. The molecule has 10 aromatic rings. The minimum atomic E-state index is -5.97. The highest BCUT2D eigenvalue weighted by atomic mass is 32.2. The van der Waals surface area contributed by atoms with Gasteiger partial charge in [0.1, 0.15) is 44.6 Å². The lowest BCUT2D eigenvalue weighted by atomic mass is 10.0. The van der Waals surface area contributed by atoms with E-state index in [4.69, 9.17) is 14.5 Å². The fraction of sp³-hybridized carbons (Fsp3) is 0.0816. The van der Waals surface area contributed by atoms with Crippen LogP contribution in [0.5, 0.6) is 11.5 Å². The van der Waals surface area contributed by atoms with E-state index in [-0.39, 0.29) is 47.8 Å². The van der Waals surface area contributed by atoms with Crippen LogP contribution in [0.15, 0.2) is 191 Å². The Hall–Kier alpha value is -9.51. The Morgan fingerprint density at radius 3 is 1.33 bits per heavy atom. The Morgan fingerprint density at radius 2 is 0.875 bits per heavy atom. The van der Waals surface area contributed by atoms with E-state index < -0.39 is 32.5 Å². The molecule has 10 rings (SSSR count). The third kappa shape index (κ3) is 11.5. The molecular formula is C49H36F3N9O10S. The molecule has 0 unspecified atom stereocenters. The number of hydrogen-bond donors (Lipinski definition) is 1. The summed E-state index contributed by atoms with van der Waals surface area (Å²) in [7, 11) is -5.97. The van der Waals surface area contributed by atoms with Crippen molar-refractivity contribution in [2.45, 2.75) is 25.3 Å². The number of aromatic hydroxyl groups is 1. The van der Waals surface area contributed by atoms with Crippen LogP contribution in [0.4, 0.5) is 13.2 Å². The fourth-order valence-electron chi connectivity index (χ4n) is 6.68. The highest BCUT2D eigenvalue weighted by Crippen LogP contribution is 2.30. The second kappa shape index (κ2) is 21.8. The van der Waals surface area contributed by atoms with Gasteiger partial charge >= 0.3 is 15.6 Å². The van der Waals surface area contributed by atoms with Gasteiger partial charge in [0.15, 0.2) is 22.7 Å². The van der Waals surface area contributed by atoms with Gasteiger partial charge in [0.05, 0.1) is 16.8 Å². The molecule has 0 bridgehead atoms. The Labute approximate surface area is 404 Å². The molecule has 0 spiro atoms. The second-order valence-corrected chi connectivity index (χ2v) is 16.4. The number of hydrogen-bond acceptors (Lipinski definition) is 16. The molecule has 364 valence electrons. The van der Waals surface area contributed by atoms with Gasteiger partial charge in [0.25, 0.3) is 16.7 Å². The number of nitrogens with zero attached hydrogens (tertiary/aromatic N) is 9. The number of halogens is 3. The number of alkyl halides is 3. The molecule has 23 heteroatoms. The number of benzene rings is 4. The second-order valence-electron chi connectivity index (χ2n) is 14.9. The van der Waals surface area contributed by atoms with Gasteiger partial charge in [-0.1, -0.05) is 121 Å². The summed E-state index contributed by atoms with van der Waals surface area (Å²) in [6.07, 6.45) is 7.87. The molecule has 0 amide bonds. The van der Waals surface area contributed by atoms with Gasteiger partial charge < -0.3 is 23.8 Å². The van der Waals surface area contributed by atoms with Gasteiger partial charge in [0.2, 0.25) is 0 Å². The molecule has 0 aliphatic rings. The van der Waals surface area contributed by atoms with E-state index in [1.54, 1.807) is 42.6 Å². The first kappa shape index (κ1) is 48.9. The Bertz CT molecular complexity index is 3780. The summed E-state index contributed by atoms with van der Waals surface area (Å²) >= 11 is 0. The zero-order valence-electron chi connectivity index (χ0n) is 37.1. The van der Waals surface area contributed by atoms with Crippen molar-refractivity contribution in [3.05, 3.63) is 225 Å². The van der Waals surface area contributed by atoms with Gasteiger partial charge in [-0.05, 0) is 27.8 Å². The largest absolute Gasteiger partial charge is 0.534 e. The number of fused-ring (bicyclic) bond motifs is 3. The predicted molar refractivity (Wildman–Crippen MR) is 254 cm³/mol. The van der Waals surface area contributed by atoms with E-state index in [1.165, 1.54) is 23.6 Å². The third-order valence-corrected chi connectivity index (χ3v) is 11.0. The van der Waals surface area contributed by atoms with Crippen molar-refractivity contribution in [1.29, 1.82) is 0 Å². The molecule has 0 fully saturated rings. The number of aromatic nitrogens is 9. The maximum atomic E-state index is 12.6. The van der Waals surface area contributed by atoms with Crippen LogP contribution in [0.3, 0.4) is 0 Å². The molecule has 0 radical (unpaired) electrons. The quantitative estimate of drug-likeness (QED) is 0.111. The van der Waals surface area contributed by atoms with Crippen molar-refractivity contribution in [1.82, 2.24) is 44.1 Å². The lowest BCUT2D eigenvalue weighted by molar-refractivity contribution is -0.0499. The van der Waals surface area contributed by atoms with E-state index >= 15 is 0 Å². The molecule has 6 heterocycles. The van der Waals surface area contributed by atoms with Gasteiger partial charge in [-0.25, -0.2) is 29.9 Å². The Kier molecular flexibility index (Phi) is 14.8. The summed E-state index contributed by atoms with van der Waals surface area (Å²) in [5, 5.41) is 10.6. The van der Waals surface area contributed by atoms with E-state index in [9.17, 15) is 41.1 Å². The summed E-state index contributed by atoms with van der Waals surface area (Å²) in [5.74, 6) is -1.02. The lowest BCUT2D eigenvalue weighted by Crippen LogP contribution is -2.31. The molecule has 0 aliphatic heterocycles. The molecule has 1 N–H and O–H groups in total. The van der Waals surface area contributed by atoms with Crippen molar-refractivity contribution in [3.63, 3.8) is 0 Å². The van der Waals surface area contributed by atoms with Gasteiger partial charge in [0, 0.05) is 36.1 Å². The van der Waals surface area contributed by atoms with Crippen LogP contribution in [0.2, 0.25) is 0 Å². The molecule has 4 aromatic carbocycles. The molecule has 0 aliphatic carbocycles. The third-order valence-electron chi connectivity index (χ3n) is 10.0. The van der Waals surface area contributed by atoms with Gasteiger partial charge in [-0.2, -0.15) is 21.6 Å². The Balaban J connectivity index is 0.000000146. The van der Waals surface area contributed by atoms with Crippen LogP contribution < -0.4 is 35.4 Å². The summed E-state index contributed by atoms with van der Waals surface area (Å²) < 4.78 is 67.2. The van der Waals surface area contributed by atoms with Crippen molar-refractivity contribution in [2.24, 2.45) is 0 Å². The first-order chi connectivity index (χ1) is 34.8. The first-order valence-corrected chi connectivity index (χ1v) is 22.5. The van der Waals surface area contributed by atoms with Crippen LogP contribution >= 0.6 is 0 Å². The summed E-state index contributed by atoms with van der Waals surface area (Å²) in [6, 6.07) is 40.8. The monoisotopic (exact) mass is 999 g/mol. The van der Waals surface area contributed by atoms with Crippen molar-refractivity contribution >= 4 is 43.2 Å². The average Bonchev–Trinajstić information content (AvgIpc) is 3.39. The molecule has 0 saturated carbocycles. The van der Waals surface area contributed by atoms with Crippen LogP contribution in [0, 0.1) is 0 Å². The molecular weight excluding hydrogens is 964 g/mol. The topological polar surface area (TPSA) is 235 Å². The van der Waals surface area contributed by atoms with Crippen LogP contribution in [0.25, 0.3) is 44.2 Å². The highest BCUT2D eigenvalue weighted by molar-refractivity contribution is 7.88. The zero-order chi connectivity index (χ0) is 50.7. The van der Waals surface area contributed by atoms with Crippen LogP contribution in [0.1, 0.15) is 16.7 Å². The van der Waals surface area contributed by atoms with Gasteiger partial charge in [-0.15, -0.1) is 14.2 Å². The van der Waals surface area contributed by atoms with Crippen LogP contribution in [-0.4, -0.2) is 63.1 Å². The predicted octanol–water partition coefficient (Wildman–Crippen LogP) is 5.86. The smallest absolute Gasteiger partial charge is 0.507 e. The zero-order valence-corrected chi connectivity index (χ0v) is 37.9. The van der Waals surface area contributed by atoms with Crippen molar-refractivity contribution in [3.8, 4) is 22.6 Å². The first-order valence-electron chi connectivity index (χ1n) is 21.1. The average molecular weight is 1000 g/mol. The summed E-state index contributed by atoms with van der Waals surface area (Å²) in [4.78, 5) is 76.9. The normalized spacial score (nSPS) is 11.2. The summed E-state index contributed by atoms with van der Waals surface area (Å²) in [5.41, 5.74) is -2.58.